The van der Waals surface area contributed by atoms with E-state index in [9.17, 15) is 0 Å². The first-order valence-electron chi connectivity index (χ1n) is 6.66. The van der Waals surface area contributed by atoms with Gasteiger partial charge in [0.15, 0.2) is 0 Å². The third-order valence-corrected chi connectivity index (χ3v) is 3.47. The normalized spacial score (nSPS) is 21.6. The van der Waals surface area contributed by atoms with Crippen LogP contribution in [-0.4, -0.2) is 35.6 Å². The van der Waals surface area contributed by atoms with E-state index < -0.39 is 0 Å². The summed E-state index contributed by atoms with van der Waals surface area (Å²) in [5.74, 6) is 0. The van der Waals surface area contributed by atoms with Crippen molar-refractivity contribution in [1.29, 1.82) is 0 Å². The van der Waals surface area contributed by atoms with E-state index in [-0.39, 0.29) is 0 Å². The molecular formula is C14H23N3. The van der Waals surface area contributed by atoms with Crippen molar-refractivity contribution in [3.63, 3.8) is 0 Å². The van der Waals surface area contributed by atoms with Crippen LogP contribution in [0.2, 0.25) is 0 Å². The van der Waals surface area contributed by atoms with Gasteiger partial charge in [-0.15, -0.1) is 0 Å². The molecule has 0 spiro atoms. The molecule has 0 aliphatic carbocycles. The van der Waals surface area contributed by atoms with Crippen molar-refractivity contribution in [2.24, 2.45) is 0 Å². The zero-order chi connectivity index (χ0) is 12.1. The smallest absolute Gasteiger partial charge is 0.0573 e. The first-order chi connectivity index (χ1) is 8.29. The quantitative estimate of drug-likeness (QED) is 0.861. The molecule has 1 aliphatic rings. The van der Waals surface area contributed by atoms with Crippen LogP contribution < -0.4 is 5.32 Å². The van der Waals surface area contributed by atoms with E-state index in [0.717, 1.165) is 26.2 Å². The van der Waals surface area contributed by atoms with Gasteiger partial charge in [-0.05, 0) is 25.0 Å². The van der Waals surface area contributed by atoms with Crippen molar-refractivity contribution in [2.75, 3.05) is 19.6 Å². The SMILES string of the molecule is CCCC1CN(Cc2ncccc2C)CCN1. The number of pyridine rings is 1. The minimum absolute atomic E-state index is 0.665. The molecule has 0 aromatic carbocycles. The van der Waals surface area contributed by atoms with Gasteiger partial charge < -0.3 is 5.32 Å². The van der Waals surface area contributed by atoms with E-state index in [4.69, 9.17) is 0 Å². The average molecular weight is 233 g/mol. The summed E-state index contributed by atoms with van der Waals surface area (Å²) in [5, 5.41) is 3.59. The highest BCUT2D eigenvalue weighted by atomic mass is 15.2. The fourth-order valence-electron chi connectivity index (χ4n) is 2.48. The lowest BCUT2D eigenvalue weighted by molar-refractivity contribution is 0.185. The number of hydrogen-bond donors (Lipinski definition) is 1. The van der Waals surface area contributed by atoms with Crippen LogP contribution in [0.1, 0.15) is 31.0 Å². The fraction of sp³-hybridized carbons (Fsp3) is 0.643. The Hall–Kier alpha value is -0.930. The van der Waals surface area contributed by atoms with Gasteiger partial charge >= 0.3 is 0 Å². The maximum atomic E-state index is 4.48. The van der Waals surface area contributed by atoms with Crippen LogP contribution in [0.15, 0.2) is 18.3 Å². The Balaban J connectivity index is 1.92. The van der Waals surface area contributed by atoms with Crippen LogP contribution in [-0.2, 0) is 6.54 Å². The van der Waals surface area contributed by atoms with Crippen LogP contribution in [0, 0.1) is 6.92 Å². The Labute approximate surface area is 104 Å². The third kappa shape index (κ3) is 3.51. The standard InChI is InChI=1S/C14H23N3/c1-3-5-13-10-17(9-8-15-13)11-14-12(2)6-4-7-16-14/h4,6-7,13,15H,3,5,8-11H2,1-2H3. The molecular weight excluding hydrogens is 210 g/mol. The van der Waals surface area contributed by atoms with Crippen LogP contribution in [0.4, 0.5) is 0 Å². The van der Waals surface area contributed by atoms with Crippen molar-refractivity contribution in [3.8, 4) is 0 Å². The molecule has 1 aromatic rings. The van der Waals surface area contributed by atoms with Crippen molar-refractivity contribution in [1.82, 2.24) is 15.2 Å². The monoisotopic (exact) mass is 233 g/mol. The second-order valence-corrected chi connectivity index (χ2v) is 4.94. The zero-order valence-electron chi connectivity index (χ0n) is 10.9. The highest BCUT2D eigenvalue weighted by molar-refractivity contribution is 5.17. The van der Waals surface area contributed by atoms with Gasteiger partial charge in [0.05, 0.1) is 5.69 Å². The van der Waals surface area contributed by atoms with Gasteiger partial charge in [-0.1, -0.05) is 19.4 Å². The Morgan fingerprint density at radius 1 is 1.53 bits per heavy atom. The largest absolute Gasteiger partial charge is 0.311 e. The van der Waals surface area contributed by atoms with Gasteiger partial charge in [-0.3, -0.25) is 9.88 Å². The van der Waals surface area contributed by atoms with E-state index in [1.54, 1.807) is 0 Å². The molecule has 94 valence electrons. The molecule has 1 aliphatic heterocycles. The van der Waals surface area contributed by atoms with Crippen LogP contribution >= 0.6 is 0 Å². The molecule has 0 saturated carbocycles. The zero-order valence-corrected chi connectivity index (χ0v) is 10.9. The second kappa shape index (κ2) is 6.12. The van der Waals surface area contributed by atoms with Crippen LogP contribution in [0.5, 0.6) is 0 Å². The summed E-state index contributed by atoms with van der Waals surface area (Å²) >= 11 is 0. The van der Waals surface area contributed by atoms with Crippen LogP contribution in [0.3, 0.4) is 0 Å². The number of rotatable bonds is 4. The summed E-state index contributed by atoms with van der Waals surface area (Å²) in [4.78, 5) is 7.00. The van der Waals surface area contributed by atoms with Gasteiger partial charge in [0.25, 0.3) is 0 Å². The predicted molar refractivity (Wildman–Crippen MR) is 70.9 cm³/mol. The van der Waals surface area contributed by atoms with Gasteiger partial charge in [0.1, 0.15) is 0 Å². The molecule has 0 amide bonds. The minimum Gasteiger partial charge on any atom is -0.311 e. The number of aryl methyl sites for hydroxylation is 1. The van der Waals surface area contributed by atoms with Gasteiger partial charge in [-0.25, -0.2) is 0 Å². The van der Waals surface area contributed by atoms with E-state index in [2.05, 4.69) is 35.1 Å². The maximum Gasteiger partial charge on any atom is 0.0573 e. The summed E-state index contributed by atoms with van der Waals surface area (Å²) < 4.78 is 0. The summed E-state index contributed by atoms with van der Waals surface area (Å²) in [7, 11) is 0. The average Bonchev–Trinajstić information content (AvgIpc) is 2.33. The maximum absolute atomic E-state index is 4.48. The molecule has 1 saturated heterocycles. The van der Waals surface area contributed by atoms with Crippen molar-refractivity contribution in [3.05, 3.63) is 29.6 Å². The number of hydrogen-bond acceptors (Lipinski definition) is 3. The van der Waals surface area contributed by atoms with Crippen molar-refractivity contribution in [2.45, 2.75) is 39.3 Å². The lowest BCUT2D eigenvalue weighted by Gasteiger charge is -2.33. The Morgan fingerprint density at radius 2 is 2.41 bits per heavy atom. The predicted octanol–water partition coefficient (Wildman–Crippen LogP) is 1.96. The summed E-state index contributed by atoms with van der Waals surface area (Å²) in [6, 6.07) is 4.82. The van der Waals surface area contributed by atoms with Gasteiger partial charge in [0.2, 0.25) is 0 Å². The molecule has 3 heteroatoms. The first-order valence-corrected chi connectivity index (χ1v) is 6.66. The van der Waals surface area contributed by atoms with Gasteiger partial charge in [0, 0.05) is 38.4 Å². The molecule has 1 N–H and O–H groups in total. The molecule has 1 unspecified atom stereocenters. The first kappa shape index (κ1) is 12.5. The molecule has 1 atom stereocenters. The molecule has 1 aromatic heterocycles. The number of piperazine rings is 1. The number of nitrogens with zero attached hydrogens (tertiary/aromatic N) is 2. The molecule has 2 heterocycles. The molecule has 2 rings (SSSR count). The summed E-state index contributed by atoms with van der Waals surface area (Å²) in [6.07, 6.45) is 4.43. The molecule has 0 radical (unpaired) electrons. The minimum atomic E-state index is 0.665. The van der Waals surface area contributed by atoms with E-state index in [0.29, 0.717) is 6.04 Å². The lowest BCUT2D eigenvalue weighted by atomic mass is 10.1. The van der Waals surface area contributed by atoms with Crippen molar-refractivity contribution < 1.29 is 0 Å². The Morgan fingerprint density at radius 3 is 3.18 bits per heavy atom. The van der Waals surface area contributed by atoms with E-state index >= 15 is 0 Å². The Bertz CT molecular complexity index is 349. The molecule has 17 heavy (non-hydrogen) atoms. The van der Waals surface area contributed by atoms with E-state index in [1.165, 1.54) is 24.1 Å². The summed E-state index contributed by atoms with van der Waals surface area (Å²) in [6.45, 7) is 8.79. The van der Waals surface area contributed by atoms with Gasteiger partial charge in [-0.2, -0.15) is 0 Å². The number of aromatic nitrogens is 1. The highest BCUT2D eigenvalue weighted by Crippen LogP contribution is 2.11. The molecule has 3 nitrogen and oxygen atoms in total. The fourth-order valence-corrected chi connectivity index (χ4v) is 2.48. The van der Waals surface area contributed by atoms with E-state index in [1.807, 2.05) is 12.3 Å². The molecule has 1 fully saturated rings. The summed E-state index contributed by atoms with van der Waals surface area (Å²) in [5.41, 5.74) is 2.53. The topological polar surface area (TPSA) is 28.2 Å². The number of nitrogens with one attached hydrogen (secondary N) is 1. The van der Waals surface area contributed by atoms with Crippen LogP contribution in [0.25, 0.3) is 0 Å². The van der Waals surface area contributed by atoms with Crippen molar-refractivity contribution >= 4 is 0 Å². The highest BCUT2D eigenvalue weighted by Gasteiger charge is 2.19. The lowest BCUT2D eigenvalue weighted by Crippen LogP contribution is -2.50. The molecule has 0 bridgehead atoms. The third-order valence-electron chi connectivity index (χ3n) is 3.47. The second-order valence-electron chi connectivity index (χ2n) is 4.94. The Kier molecular flexibility index (Phi) is 4.51.